The molecule has 0 amide bonds. The van der Waals surface area contributed by atoms with Gasteiger partial charge in [-0.05, 0) is 43.7 Å². The number of hydrogen-bond donors (Lipinski definition) is 1. The molecular formula is C17H31N3O. The van der Waals surface area contributed by atoms with E-state index < -0.39 is 0 Å². The second-order valence-electron chi connectivity index (χ2n) is 6.32. The Balaban J connectivity index is 1.94. The van der Waals surface area contributed by atoms with Crippen LogP contribution in [0.1, 0.15) is 51.0 Å². The smallest absolute Gasteiger partial charge is 0.0752 e. The van der Waals surface area contributed by atoms with E-state index in [1.807, 2.05) is 25.0 Å². The van der Waals surface area contributed by atoms with Gasteiger partial charge in [0.25, 0.3) is 0 Å². The van der Waals surface area contributed by atoms with Gasteiger partial charge in [-0.2, -0.15) is 5.10 Å². The van der Waals surface area contributed by atoms with Crippen LogP contribution >= 0.6 is 0 Å². The van der Waals surface area contributed by atoms with E-state index in [-0.39, 0.29) is 0 Å². The highest BCUT2D eigenvalue weighted by Gasteiger charge is 2.30. The topological polar surface area (TPSA) is 39.1 Å². The molecule has 21 heavy (non-hydrogen) atoms. The average Bonchev–Trinajstić information content (AvgIpc) is 2.92. The Labute approximate surface area is 129 Å². The molecule has 2 atom stereocenters. The zero-order valence-electron chi connectivity index (χ0n) is 13.8. The van der Waals surface area contributed by atoms with E-state index in [0.717, 1.165) is 25.3 Å². The van der Waals surface area contributed by atoms with Crippen LogP contribution in [0.25, 0.3) is 0 Å². The summed E-state index contributed by atoms with van der Waals surface area (Å²) in [6.07, 6.45) is 13.4. The van der Waals surface area contributed by atoms with Gasteiger partial charge < -0.3 is 10.1 Å². The van der Waals surface area contributed by atoms with Crippen molar-refractivity contribution in [1.29, 1.82) is 0 Å². The molecule has 1 aromatic rings. The number of aromatic nitrogens is 2. The zero-order valence-corrected chi connectivity index (χ0v) is 13.8. The lowest BCUT2D eigenvalue weighted by Gasteiger charge is -2.35. The summed E-state index contributed by atoms with van der Waals surface area (Å²) < 4.78 is 7.80. The summed E-state index contributed by atoms with van der Waals surface area (Å²) in [6, 6.07) is 0.448. The van der Waals surface area contributed by atoms with Crippen molar-refractivity contribution < 1.29 is 4.74 Å². The van der Waals surface area contributed by atoms with E-state index in [1.54, 1.807) is 0 Å². The third-order valence-electron chi connectivity index (χ3n) is 4.75. The van der Waals surface area contributed by atoms with Crippen LogP contribution in [-0.2, 0) is 18.2 Å². The fourth-order valence-electron chi connectivity index (χ4n) is 3.72. The van der Waals surface area contributed by atoms with Crippen LogP contribution in [0.15, 0.2) is 12.4 Å². The van der Waals surface area contributed by atoms with Gasteiger partial charge in [0.05, 0.1) is 12.3 Å². The van der Waals surface area contributed by atoms with Crippen LogP contribution in [0.2, 0.25) is 0 Å². The largest absolute Gasteiger partial charge is 0.380 e. The average molecular weight is 293 g/mol. The van der Waals surface area contributed by atoms with Crippen molar-refractivity contribution in [3.05, 3.63) is 18.0 Å². The lowest BCUT2D eigenvalue weighted by molar-refractivity contribution is 0.00658. The van der Waals surface area contributed by atoms with Crippen molar-refractivity contribution in [2.24, 2.45) is 13.0 Å². The van der Waals surface area contributed by atoms with Gasteiger partial charge in [-0.15, -0.1) is 0 Å². The van der Waals surface area contributed by atoms with E-state index in [4.69, 9.17) is 4.74 Å². The van der Waals surface area contributed by atoms with Crippen molar-refractivity contribution in [2.45, 2.75) is 64.0 Å². The van der Waals surface area contributed by atoms with Crippen LogP contribution in [-0.4, -0.2) is 35.6 Å². The number of likely N-dealkylation sites (N-methyl/N-ethyl adjacent to an activating group) is 1. The number of hydrogen-bond acceptors (Lipinski definition) is 3. The molecule has 0 aromatic carbocycles. The second-order valence-corrected chi connectivity index (χ2v) is 6.32. The van der Waals surface area contributed by atoms with Gasteiger partial charge in [0.2, 0.25) is 0 Å². The van der Waals surface area contributed by atoms with E-state index in [0.29, 0.717) is 12.1 Å². The van der Waals surface area contributed by atoms with Crippen LogP contribution in [0.5, 0.6) is 0 Å². The zero-order chi connectivity index (χ0) is 15.1. The standard InChI is InChI=1S/C17H31N3O/c1-4-18-16(11-10-14-12-19-20(2)13-14)17(21-3)15-8-6-5-7-9-15/h12-13,15-18H,4-11H2,1-3H3. The van der Waals surface area contributed by atoms with Crippen molar-refractivity contribution in [3.63, 3.8) is 0 Å². The first kappa shape index (κ1) is 16.5. The summed E-state index contributed by atoms with van der Waals surface area (Å²) in [7, 11) is 3.86. The Kier molecular flexibility index (Phi) is 6.71. The highest BCUT2D eigenvalue weighted by molar-refractivity contribution is 5.04. The molecule has 1 fully saturated rings. The molecule has 4 heteroatoms. The summed E-state index contributed by atoms with van der Waals surface area (Å²) in [5, 5.41) is 7.92. The SMILES string of the molecule is CCNC(CCc1cnn(C)c1)C(OC)C1CCCCC1. The molecule has 120 valence electrons. The fraction of sp³-hybridized carbons (Fsp3) is 0.824. The predicted octanol–water partition coefficient (Wildman–Crippen LogP) is 2.93. The number of nitrogens with one attached hydrogen (secondary N) is 1. The van der Waals surface area contributed by atoms with Gasteiger partial charge in [-0.25, -0.2) is 0 Å². The van der Waals surface area contributed by atoms with Gasteiger partial charge in [0.1, 0.15) is 0 Å². The molecule has 1 aliphatic carbocycles. The molecule has 0 spiro atoms. The Bertz CT molecular complexity index is 398. The number of ether oxygens (including phenoxy) is 1. The summed E-state index contributed by atoms with van der Waals surface area (Å²) in [5.74, 6) is 0.724. The minimum Gasteiger partial charge on any atom is -0.380 e. The summed E-state index contributed by atoms with van der Waals surface area (Å²) in [5.41, 5.74) is 1.32. The Hall–Kier alpha value is -0.870. The molecule has 4 nitrogen and oxygen atoms in total. The lowest BCUT2D eigenvalue weighted by Crippen LogP contribution is -2.45. The molecule has 0 bridgehead atoms. The number of rotatable bonds is 8. The maximum absolute atomic E-state index is 5.91. The molecule has 2 unspecified atom stereocenters. The Morgan fingerprint density at radius 3 is 2.71 bits per heavy atom. The molecule has 0 aliphatic heterocycles. The quantitative estimate of drug-likeness (QED) is 0.801. The van der Waals surface area contributed by atoms with Crippen molar-refractivity contribution in [1.82, 2.24) is 15.1 Å². The van der Waals surface area contributed by atoms with Crippen LogP contribution in [0.4, 0.5) is 0 Å². The third-order valence-corrected chi connectivity index (χ3v) is 4.75. The van der Waals surface area contributed by atoms with Crippen molar-refractivity contribution >= 4 is 0 Å². The van der Waals surface area contributed by atoms with Crippen LogP contribution in [0.3, 0.4) is 0 Å². The summed E-state index contributed by atoms with van der Waals surface area (Å²) >= 11 is 0. The van der Waals surface area contributed by atoms with E-state index in [2.05, 4.69) is 23.5 Å². The highest BCUT2D eigenvalue weighted by Crippen LogP contribution is 2.30. The Morgan fingerprint density at radius 2 is 2.14 bits per heavy atom. The van der Waals surface area contributed by atoms with Gasteiger partial charge in [0, 0.05) is 26.4 Å². The fourth-order valence-corrected chi connectivity index (χ4v) is 3.72. The van der Waals surface area contributed by atoms with Gasteiger partial charge >= 0.3 is 0 Å². The molecule has 0 radical (unpaired) electrons. The molecule has 1 aliphatic rings. The van der Waals surface area contributed by atoms with Crippen molar-refractivity contribution in [3.8, 4) is 0 Å². The maximum Gasteiger partial charge on any atom is 0.0752 e. The number of nitrogens with zero attached hydrogens (tertiary/aromatic N) is 2. The molecule has 2 rings (SSSR count). The van der Waals surface area contributed by atoms with E-state index >= 15 is 0 Å². The first-order valence-electron chi connectivity index (χ1n) is 8.48. The summed E-state index contributed by atoms with van der Waals surface area (Å²) in [4.78, 5) is 0. The maximum atomic E-state index is 5.91. The molecule has 1 saturated carbocycles. The third kappa shape index (κ3) is 4.82. The normalized spacial score (nSPS) is 19.6. The first-order chi connectivity index (χ1) is 10.2. The molecule has 1 N–H and O–H groups in total. The monoisotopic (exact) mass is 293 g/mol. The number of aryl methyl sites for hydroxylation is 2. The summed E-state index contributed by atoms with van der Waals surface area (Å²) in [6.45, 7) is 3.19. The molecular weight excluding hydrogens is 262 g/mol. The van der Waals surface area contributed by atoms with Crippen LogP contribution < -0.4 is 5.32 Å². The van der Waals surface area contributed by atoms with Crippen LogP contribution in [0, 0.1) is 5.92 Å². The van der Waals surface area contributed by atoms with Crippen molar-refractivity contribution in [2.75, 3.05) is 13.7 Å². The molecule has 0 saturated heterocycles. The number of methoxy groups -OCH3 is 1. The lowest BCUT2D eigenvalue weighted by atomic mass is 9.81. The first-order valence-corrected chi connectivity index (χ1v) is 8.48. The molecule has 1 heterocycles. The minimum atomic E-state index is 0.349. The van der Waals surface area contributed by atoms with E-state index in [9.17, 15) is 0 Å². The minimum absolute atomic E-state index is 0.349. The highest BCUT2D eigenvalue weighted by atomic mass is 16.5. The Morgan fingerprint density at radius 1 is 1.38 bits per heavy atom. The second kappa shape index (κ2) is 8.54. The molecule has 1 aromatic heterocycles. The van der Waals surface area contributed by atoms with E-state index in [1.165, 1.54) is 37.7 Å². The van der Waals surface area contributed by atoms with Gasteiger partial charge in [0.15, 0.2) is 0 Å². The van der Waals surface area contributed by atoms with Gasteiger partial charge in [-0.1, -0.05) is 26.2 Å². The predicted molar refractivity (Wildman–Crippen MR) is 86.4 cm³/mol. The van der Waals surface area contributed by atoms with Gasteiger partial charge in [-0.3, -0.25) is 4.68 Å².